The van der Waals surface area contributed by atoms with Crippen molar-refractivity contribution in [1.82, 2.24) is 15.5 Å². The molecular formula is C24H33N3O3. The standard InChI is InChI=1S/C24H33N3O3/c1-16(2)20(27-12-11-18-8-5-6-9-19(18)15-27)14-25-24(29)22(17(3)4)26-23(28)21-10-7-13-30-21/h5-10,13,16-17,20,22H,11-12,14-15H2,1-4H3,(H,25,29)(H,26,28)/t20-,22-/m1/s1. The Kier molecular flexibility index (Phi) is 7.32. The normalized spacial score (nSPS) is 16.2. The average Bonchev–Trinajstić information content (AvgIpc) is 3.26. The lowest BCUT2D eigenvalue weighted by Gasteiger charge is -2.38. The summed E-state index contributed by atoms with van der Waals surface area (Å²) < 4.78 is 5.14. The van der Waals surface area contributed by atoms with Gasteiger partial charge in [0.25, 0.3) is 5.91 Å². The van der Waals surface area contributed by atoms with Gasteiger partial charge in [0, 0.05) is 25.7 Å². The van der Waals surface area contributed by atoms with Gasteiger partial charge in [-0.25, -0.2) is 0 Å². The minimum Gasteiger partial charge on any atom is -0.459 e. The fraction of sp³-hybridized carbons (Fsp3) is 0.500. The number of hydrogen-bond donors (Lipinski definition) is 2. The second kappa shape index (κ2) is 9.94. The highest BCUT2D eigenvalue weighted by atomic mass is 16.3. The zero-order chi connectivity index (χ0) is 21.7. The largest absolute Gasteiger partial charge is 0.459 e. The molecule has 2 N–H and O–H groups in total. The van der Waals surface area contributed by atoms with Gasteiger partial charge in [0.2, 0.25) is 5.91 Å². The molecule has 0 radical (unpaired) electrons. The van der Waals surface area contributed by atoms with Crippen molar-refractivity contribution >= 4 is 11.8 Å². The predicted molar refractivity (Wildman–Crippen MR) is 117 cm³/mol. The summed E-state index contributed by atoms with van der Waals surface area (Å²) in [6.45, 7) is 10.7. The van der Waals surface area contributed by atoms with Crippen LogP contribution in [-0.2, 0) is 17.8 Å². The summed E-state index contributed by atoms with van der Waals surface area (Å²) in [5, 5.41) is 5.90. The Morgan fingerprint density at radius 1 is 1.03 bits per heavy atom. The number of fused-ring (bicyclic) bond motifs is 1. The molecule has 2 heterocycles. The fourth-order valence-corrected chi connectivity index (χ4v) is 4.06. The Hall–Kier alpha value is -2.60. The van der Waals surface area contributed by atoms with Crippen molar-refractivity contribution in [2.75, 3.05) is 13.1 Å². The molecule has 0 fully saturated rings. The summed E-state index contributed by atoms with van der Waals surface area (Å²) >= 11 is 0. The van der Waals surface area contributed by atoms with Crippen LogP contribution in [0.1, 0.15) is 49.4 Å². The van der Waals surface area contributed by atoms with Crippen LogP contribution >= 0.6 is 0 Å². The first-order chi connectivity index (χ1) is 14.4. The third-order valence-corrected chi connectivity index (χ3v) is 5.86. The molecule has 0 spiro atoms. The smallest absolute Gasteiger partial charge is 0.287 e. The van der Waals surface area contributed by atoms with Crippen LogP contribution in [0.15, 0.2) is 47.1 Å². The summed E-state index contributed by atoms with van der Waals surface area (Å²) in [5.74, 6) is 0.0319. The van der Waals surface area contributed by atoms with Gasteiger partial charge in [0.05, 0.1) is 6.26 Å². The van der Waals surface area contributed by atoms with Crippen LogP contribution in [-0.4, -0.2) is 41.9 Å². The molecular weight excluding hydrogens is 378 g/mol. The first kappa shape index (κ1) is 22.1. The number of carbonyl (C=O) groups excluding carboxylic acids is 2. The molecule has 1 aliphatic rings. The van der Waals surface area contributed by atoms with Gasteiger partial charge in [-0.2, -0.15) is 0 Å². The molecule has 1 aliphatic heterocycles. The van der Waals surface area contributed by atoms with E-state index in [1.807, 2.05) is 13.8 Å². The maximum Gasteiger partial charge on any atom is 0.287 e. The van der Waals surface area contributed by atoms with E-state index in [9.17, 15) is 9.59 Å². The third-order valence-electron chi connectivity index (χ3n) is 5.86. The van der Waals surface area contributed by atoms with Crippen molar-refractivity contribution in [2.24, 2.45) is 11.8 Å². The van der Waals surface area contributed by atoms with Crippen LogP contribution in [0.25, 0.3) is 0 Å². The van der Waals surface area contributed by atoms with E-state index >= 15 is 0 Å². The number of carbonyl (C=O) groups is 2. The van der Waals surface area contributed by atoms with Gasteiger partial charge in [0.1, 0.15) is 6.04 Å². The molecule has 2 atom stereocenters. The van der Waals surface area contributed by atoms with Gasteiger partial charge >= 0.3 is 0 Å². The summed E-state index contributed by atoms with van der Waals surface area (Å²) in [5.41, 5.74) is 2.78. The lowest BCUT2D eigenvalue weighted by atomic mass is 9.95. The topological polar surface area (TPSA) is 74.6 Å². The van der Waals surface area contributed by atoms with Gasteiger partial charge in [-0.3, -0.25) is 14.5 Å². The predicted octanol–water partition coefficient (Wildman–Crippen LogP) is 3.23. The van der Waals surface area contributed by atoms with Gasteiger partial charge in [-0.05, 0) is 41.5 Å². The fourth-order valence-electron chi connectivity index (χ4n) is 4.06. The molecule has 6 nitrogen and oxygen atoms in total. The molecule has 162 valence electrons. The van der Waals surface area contributed by atoms with Crippen molar-refractivity contribution in [3.63, 3.8) is 0 Å². The van der Waals surface area contributed by atoms with E-state index in [0.29, 0.717) is 12.5 Å². The Bertz CT molecular complexity index is 845. The highest BCUT2D eigenvalue weighted by Crippen LogP contribution is 2.23. The molecule has 1 aromatic carbocycles. The monoisotopic (exact) mass is 411 g/mol. The number of nitrogens with zero attached hydrogens (tertiary/aromatic N) is 1. The summed E-state index contributed by atoms with van der Waals surface area (Å²) in [4.78, 5) is 27.7. The van der Waals surface area contributed by atoms with Gasteiger partial charge in [0.15, 0.2) is 5.76 Å². The number of nitrogens with one attached hydrogen (secondary N) is 2. The Labute approximate surface area is 179 Å². The van der Waals surface area contributed by atoms with E-state index in [1.165, 1.54) is 17.4 Å². The summed E-state index contributed by atoms with van der Waals surface area (Å²) in [6, 6.07) is 11.4. The maximum absolute atomic E-state index is 12.9. The van der Waals surface area contributed by atoms with Gasteiger partial charge < -0.3 is 15.1 Å². The van der Waals surface area contributed by atoms with Crippen LogP contribution in [0.5, 0.6) is 0 Å². The second-order valence-electron chi connectivity index (χ2n) is 8.72. The molecule has 1 aromatic heterocycles. The summed E-state index contributed by atoms with van der Waals surface area (Å²) in [6.07, 6.45) is 2.48. The van der Waals surface area contributed by atoms with Crippen molar-refractivity contribution in [3.05, 3.63) is 59.5 Å². The van der Waals surface area contributed by atoms with Crippen molar-refractivity contribution < 1.29 is 14.0 Å². The minimum absolute atomic E-state index is 0.0386. The van der Waals surface area contributed by atoms with E-state index in [2.05, 4.69) is 53.6 Å². The van der Waals surface area contributed by atoms with Crippen molar-refractivity contribution in [1.29, 1.82) is 0 Å². The summed E-state index contributed by atoms with van der Waals surface area (Å²) in [7, 11) is 0. The van der Waals surface area contributed by atoms with Gasteiger partial charge in [-0.15, -0.1) is 0 Å². The number of hydrogen-bond acceptors (Lipinski definition) is 4. The average molecular weight is 412 g/mol. The third kappa shape index (κ3) is 5.30. The molecule has 30 heavy (non-hydrogen) atoms. The molecule has 0 bridgehead atoms. The number of benzene rings is 1. The molecule has 6 heteroatoms. The van der Waals surface area contributed by atoms with Crippen molar-refractivity contribution in [2.45, 2.75) is 52.7 Å². The zero-order valence-corrected chi connectivity index (χ0v) is 18.4. The van der Waals surface area contributed by atoms with Crippen LogP contribution in [0, 0.1) is 11.8 Å². The highest BCUT2D eigenvalue weighted by molar-refractivity contribution is 5.95. The molecule has 3 rings (SSSR count). The van der Waals surface area contributed by atoms with E-state index in [-0.39, 0.29) is 29.5 Å². The number of furan rings is 1. The minimum atomic E-state index is -0.613. The van der Waals surface area contributed by atoms with Crippen LogP contribution in [0.4, 0.5) is 0 Å². The van der Waals surface area contributed by atoms with Crippen LogP contribution in [0.3, 0.4) is 0 Å². The SMILES string of the molecule is CC(C)[C@@H](CNC(=O)[C@H](NC(=O)c1ccco1)C(C)C)N1CCc2ccccc2C1. The van der Waals surface area contributed by atoms with E-state index in [1.54, 1.807) is 12.1 Å². The molecule has 0 aliphatic carbocycles. The quantitative estimate of drug-likeness (QED) is 0.699. The Morgan fingerprint density at radius 2 is 1.77 bits per heavy atom. The zero-order valence-electron chi connectivity index (χ0n) is 18.4. The first-order valence-electron chi connectivity index (χ1n) is 10.8. The Morgan fingerprint density at radius 3 is 2.40 bits per heavy atom. The molecule has 0 saturated carbocycles. The lowest BCUT2D eigenvalue weighted by Crippen LogP contribution is -2.54. The maximum atomic E-state index is 12.9. The van der Waals surface area contributed by atoms with Crippen molar-refractivity contribution in [3.8, 4) is 0 Å². The van der Waals surface area contributed by atoms with Gasteiger partial charge in [-0.1, -0.05) is 52.0 Å². The number of rotatable bonds is 8. The van der Waals surface area contributed by atoms with E-state index < -0.39 is 6.04 Å². The molecule has 2 aromatic rings. The highest BCUT2D eigenvalue weighted by Gasteiger charge is 2.29. The van der Waals surface area contributed by atoms with Crippen LogP contribution < -0.4 is 10.6 Å². The molecule has 0 saturated heterocycles. The molecule has 2 amide bonds. The van der Waals surface area contributed by atoms with E-state index in [0.717, 1.165) is 19.5 Å². The second-order valence-corrected chi connectivity index (χ2v) is 8.72. The lowest BCUT2D eigenvalue weighted by molar-refractivity contribution is -0.124. The van der Waals surface area contributed by atoms with Crippen LogP contribution in [0.2, 0.25) is 0 Å². The number of amides is 2. The Balaban J connectivity index is 1.61. The first-order valence-corrected chi connectivity index (χ1v) is 10.8. The molecule has 0 unspecified atom stereocenters. The van der Waals surface area contributed by atoms with E-state index in [4.69, 9.17) is 4.42 Å².